The van der Waals surface area contributed by atoms with Gasteiger partial charge < -0.3 is 26.5 Å². The summed E-state index contributed by atoms with van der Waals surface area (Å²) in [5.41, 5.74) is 4.47. The zero-order valence-electron chi connectivity index (χ0n) is 18.0. The highest BCUT2D eigenvalue weighted by atomic mass is 79.9. The average Bonchev–Trinajstić information content (AvgIpc) is 3.09. The Hall–Kier alpha value is -2.66. The molecule has 1 atom stereocenters. The van der Waals surface area contributed by atoms with E-state index in [1.54, 1.807) is 14.2 Å². The number of aromatic nitrogens is 1. The Balaban J connectivity index is 0.00000272. The van der Waals surface area contributed by atoms with Crippen LogP contribution in [0.3, 0.4) is 0 Å². The van der Waals surface area contributed by atoms with E-state index in [1.165, 1.54) is 11.1 Å². The summed E-state index contributed by atoms with van der Waals surface area (Å²) in [4.78, 5) is 12.8. The smallest absolute Gasteiger partial charge is 0.173 e. The summed E-state index contributed by atoms with van der Waals surface area (Å²) in [6.45, 7) is 0.878. The third-order valence-electron chi connectivity index (χ3n) is 5.90. The Morgan fingerprint density at radius 2 is 1.61 bits per heavy atom. The highest BCUT2D eigenvalue weighted by Gasteiger charge is 2.31. The summed E-state index contributed by atoms with van der Waals surface area (Å²) in [5, 5.41) is 0. The molecule has 1 aliphatic rings. The second-order valence-electron chi connectivity index (χ2n) is 7.89. The lowest BCUT2D eigenvalue weighted by atomic mass is 9.96. The van der Waals surface area contributed by atoms with Gasteiger partial charge in [-0.3, -0.25) is 4.79 Å². The van der Waals surface area contributed by atoms with E-state index < -0.39 is 0 Å². The predicted octanol–water partition coefficient (Wildman–Crippen LogP) is 1.42. The van der Waals surface area contributed by atoms with Crippen molar-refractivity contribution in [3.05, 3.63) is 89.2 Å². The number of fused-ring (bicyclic) bond motifs is 1. The number of methoxy groups -OCH3 is 2. The molecule has 0 aliphatic heterocycles. The molecule has 162 valence electrons. The number of pyridine rings is 1. The number of ketones is 1. The summed E-state index contributed by atoms with van der Waals surface area (Å²) in [6.07, 6.45) is 7.95. The van der Waals surface area contributed by atoms with Crippen LogP contribution in [0.2, 0.25) is 0 Å². The molecule has 0 N–H and O–H groups in total. The minimum atomic E-state index is 0. The van der Waals surface area contributed by atoms with Gasteiger partial charge in [-0.1, -0.05) is 30.3 Å². The highest BCUT2D eigenvalue weighted by Crippen LogP contribution is 2.38. The Kier molecular flexibility index (Phi) is 7.85. The van der Waals surface area contributed by atoms with Crippen LogP contribution < -0.4 is 31.0 Å². The molecule has 1 unspecified atom stereocenters. The van der Waals surface area contributed by atoms with Crippen molar-refractivity contribution in [1.29, 1.82) is 0 Å². The first-order valence-electron chi connectivity index (χ1n) is 10.5. The van der Waals surface area contributed by atoms with Crippen molar-refractivity contribution >= 4 is 5.78 Å². The minimum absolute atomic E-state index is 0. The third-order valence-corrected chi connectivity index (χ3v) is 5.90. The quantitative estimate of drug-likeness (QED) is 0.456. The van der Waals surface area contributed by atoms with E-state index in [1.807, 2.05) is 18.2 Å². The largest absolute Gasteiger partial charge is 1.00 e. The molecular weight excluding hydrogens is 454 g/mol. The fourth-order valence-corrected chi connectivity index (χ4v) is 4.24. The van der Waals surface area contributed by atoms with E-state index in [0.717, 1.165) is 43.4 Å². The molecule has 5 heteroatoms. The molecule has 3 aromatic rings. The molecule has 1 heterocycles. The summed E-state index contributed by atoms with van der Waals surface area (Å²) in [5.74, 6) is 1.61. The van der Waals surface area contributed by atoms with Crippen molar-refractivity contribution in [3.8, 4) is 11.5 Å². The first-order valence-corrected chi connectivity index (χ1v) is 10.5. The number of ether oxygens (including phenoxy) is 2. The topological polar surface area (TPSA) is 39.4 Å². The van der Waals surface area contributed by atoms with Crippen LogP contribution in [0.25, 0.3) is 0 Å². The molecule has 31 heavy (non-hydrogen) atoms. The maximum atomic E-state index is 12.8. The van der Waals surface area contributed by atoms with Gasteiger partial charge >= 0.3 is 0 Å². The monoisotopic (exact) mass is 481 g/mol. The molecule has 0 saturated carbocycles. The number of hydrogen-bond donors (Lipinski definition) is 0. The van der Waals surface area contributed by atoms with Crippen LogP contribution in [0.4, 0.5) is 0 Å². The number of carbonyl (C=O) groups is 1. The summed E-state index contributed by atoms with van der Waals surface area (Å²) in [7, 11) is 3.23. The van der Waals surface area contributed by atoms with Crippen molar-refractivity contribution in [1.82, 2.24) is 0 Å². The van der Waals surface area contributed by atoms with Gasteiger partial charge in [0.25, 0.3) is 0 Å². The van der Waals surface area contributed by atoms with Gasteiger partial charge in [0.2, 0.25) is 0 Å². The fourth-order valence-electron chi connectivity index (χ4n) is 4.24. The minimum Gasteiger partial charge on any atom is -1.00 e. The van der Waals surface area contributed by atoms with Crippen LogP contribution >= 0.6 is 0 Å². The van der Waals surface area contributed by atoms with Crippen LogP contribution in [0.15, 0.2) is 67.0 Å². The van der Waals surface area contributed by atoms with Crippen LogP contribution in [0.1, 0.15) is 39.9 Å². The molecule has 4 nitrogen and oxygen atoms in total. The van der Waals surface area contributed by atoms with E-state index >= 15 is 0 Å². The standard InChI is InChI=1S/C26H28NO3.BrH/c1-29-24-16-22-15-21(26(28)23(22)17-25(24)30-2)10-6-9-19-11-13-27(14-12-19)18-20-7-4-3-5-8-20;/h3-5,7-8,11-14,16-17,21H,6,9-10,15,18H2,1-2H3;1H/q+1;/p-1. The van der Waals surface area contributed by atoms with E-state index in [2.05, 4.69) is 53.4 Å². The lowest BCUT2D eigenvalue weighted by molar-refractivity contribution is -0.688. The van der Waals surface area contributed by atoms with Crippen LogP contribution in [-0.2, 0) is 19.4 Å². The zero-order chi connectivity index (χ0) is 20.9. The van der Waals surface area contributed by atoms with Gasteiger partial charge in [-0.15, -0.1) is 0 Å². The number of carbonyl (C=O) groups excluding carboxylic acids is 1. The highest BCUT2D eigenvalue weighted by molar-refractivity contribution is 6.02. The van der Waals surface area contributed by atoms with Crippen LogP contribution in [-0.4, -0.2) is 20.0 Å². The number of halogens is 1. The molecule has 1 aliphatic carbocycles. The summed E-state index contributed by atoms with van der Waals surface area (Å²) >= 11 is 0. The number of aryl methyl sites for hydroxylation is 1. The number of Topliss-reactive ketones (excluding diaryl/α,β-unsaturated/α-hetero) is 1. The van der Waals surface area contributed by atoms with Crippen molar-refractivity contribution in [2.75, 3.05) is 14.2 Å². The van der Waals surface area contributed by atoms with Gasteiger partial charge in [0.05, 0.1) is 14.2 Å². The molecule has 0 radical (unpaired) electrons. The predicted molar refractivity (Wildman–Crippen MR) is 116 cm³/mol. The van der Waals surface area contributed by atoms with E-state index in [4.69, 9.17) is 9.47 Å². The van der Waals surface area contributed by atoms with Gasteiger partial charge in [-0.05, 0) is 48.9 Å². The van der Waals surface area contributed by atoms with E-state index in [-0.39, 0.29) is 28.7 Å². The Morgan fingerprint density at radius 1 is 0.935 bits per heavy atom. The fraction of sp³-hybridized carbons (Fsp3) is 0.308. The molecule has 0 fully saturated rings. The van der Waals surface area contributed by atoms with Gasteiger partial charge in [0, 0.05) is 29.2 Å². The normalized spacial score (nSPS) is 14.6. The number of benzene rings is 2. The average molecular weight is 482 g/mol. The molecule has 2 aromatic carbocycles. The summed E-state index contributed by atoms with van der Waals surface area (Å²) in [6, 6.07) is 18.6. The van der Waals surface area contributed by atoms with Crippen molar-refractivity contribution in [2.24, 2.45) is 5.92 Å². The third kappa shape index (κ3) is 5.34. The Morgan fingerprint density at radius 3 is 2.29 bits per heavy atom. The van der Waals surface area contributed by atoms with Gasteiger partial charge in [-0.25, -0.2) is 4.57 Å². The van der Waals surface area contributed by atoms with Gasteiger partial charge in [0.1, 0.15) is 0 Å². The molecule has 4 rings (SSSR count). The molecule has 1 aromatic heterocycles. The molecule has 0 saturated heterocycles. The van der Waals surface area contributed by atoms with Gasteiger partial charge in [-0.2, -0.15) is 0 Å². The lowest BCUT2D eigenvalue weighted by Crippen LogP contribution is -3.00. The molecular formula is C26H28BrNO3. The SMILES string of the molecule is COc1cc2c(cc1OC)C(=O)C(CCCc1cc[n+](Cc3ccccc3)cc1)C2.[Br-]. The molecule has 0 amide bonds. The number of hydrogen-bond acceptors (Lipinski definition) is 3. The number of rotatable bonds is 8. The van der Waals surface area contributed by atoms with E-state index in [9.17, 15) is 4.79 Å². The van der Waals surface area contributed by atoms with Crippen LogP contribution in [0, 0.1) is 5.92 Å². The Labute approximate surface area is 194 Å². The first-order chi connectivity index (χ1) is 14.7. The van der Waals surface area contributed by atoms with E-state index in [0.29, 0.717) is 11.5 Å². The maximum absolute atomic E-state index is 12.8. The maximum Gasteiger partial charge on any atom is 0.173 e. The molecule has 0 bridgehead atoms. The van der Waals surface area contributed by atoms with Crippen molar-refractivity contribution in [2.45, 2.75) is 32.2 Å². The second kappa shape index (κ2) is 10.6. The van der Waals surface area contributed by atoms with Crippen molar-refractivity contribution < 1.29 is 35.8 Å². The Bertz CT molecular complexity index is 1020. The zero-order valence-corrected chi connectivity index (χ0v) is 19.6. The second-order valence-corrected chi connectivity index (χ2v) is 7.89. The number of nitrogens with zero attached hydrogens (tertiary/aromatic N) is 1. The van der Waals surface area contributed by atoms with Gasteiger partial charge in [0.15, 0.2) is 36.2 Å². The van der Waals surface area contributed by atoms with Crippen molar-refractivity contribution in [3.63, 3.8) is 0 Å². The summed E-state index contributed by atoms with van der Waals surface area (Å²) < 4.78 is 12.9. The lowest BCUT2D eigenvalue weighted by Gasteiger charge is -2.09. The first kappa shape index (κ1) is 23.0. The molecule has 0 spiro atoms. The van der Waals surface area contributed by atoms with Crippen LogP contribution in [0.5, 0.6) is 11.5 Å².